The molecule has 1 unspecified atom stereocenters. The van der Waals surface area contributed by atoms with Crippen LogP contribution in [-0.2, 0) is 13.0 Å². The van der Waals surface area contributed by atoms with Crippen LogP contribution in [0.15, 0.2) is 0 Å². The van der Waals surface area contributed by atoms with Gasteiger partial charge in [0.05, 0.1) is 0 Å². The normalized spacial score (nSPS) is 17.4. The molecule has 0 aliphatic carbocycles. The molecule has 1 aromatic rings. The van der Waals surface area contributed by atoms with Gasteiger partial charge in [-0.15, -0.1) is 10.2 Å². The summed E-state index contributed by atoms with van der Waals surface area (Å²) in [7, 11) is 0. The second kappa shape index (κ2) is 3.69. The van der Waals surface area contributed by atoms with Crippen molar-refractivity contribution in [3.63, 3.8) is 0 Å². The van der Waals surface area contributed by atoms with Crippen LogP contribution in [0.2, 0.25) is 0 Å². The highest BCUT2D eigenvalue weighted by molar-refractivity contribution is 5.06. The minimum Gasteiger partial charge on any atom is -0.330 e. The maximum Gasteiger partial charge on any atom is 0.137 e. The molecule has 0 aromatic carbocycles. The van der Waals surface area contributed by atoms with Crippen molar-refractivity contribution in [2.24, 2.45) is 11.7 Å². The molecule has 2 heterocycles. The number of hydrogen-bond donors (Lipinski definition) is 1. The van der Waals surface area contributed by atoms with Crippen molar-refractivity contribution in [3.05, 3.63) is 11.6 Å². The second-order valence-corrected chi connectivity index (χ2v) is 4.32. The van der Waals surface area contributed by atoms with Crippen molar-refractivity contribution in [1.82, 2.24) is 14.8 Å². The first-order valence-corrected chi connectivity index (χ1v) is 5.36. The standard InChI is InChI=1S/C10H18N4/c1-7(2)8(6-11)10-13-12-9-4-3-5-14(9)10/h7-8H,3-6,11H2,1-2H3. The van der Waals surface area contributed by atoms with Crippen molar-refractivity contribution >= 4 is 0 Å². The van der Waals surface area contributed by atoms with Crippen LogP contribution in [-0.4, -0.2) is 21.3 Å². The first-order chi connectivity index (χ1) is 6.74. The Bertz CT molecular complexity index is 316. The summed E-state index contributed by atoms with van der Waals surface area (Å²) in [5.41, 5.74) is 5.78. The molecule has 0 radical (unpaired) electrons. The molecule has 78 valence electrons. The van der Waals surface area contributed by atoms with Crippen LogP contribution in [0, 0.1) is 5.92 Å². The van der Waals surface area contributed by atoms with Crippen molar-refractivity contribution in [3.8, 4) is 0 Å². The summed E-state index contributed by atoms with van der Waals surface area (Å²) in [5.74, 6) is 3.12. The van der Waals surface area contributed by atoms with Crippen LogP contribution in [0.3, 0.4) is 0 Å². The van der Waals surface area contributed by atoms with Gasteiger partial charge in [-0.25, -0.2) is 0 Å². The maximum absolute atomic E-state index is 5.78. The number of aryl methyl sites for hydroxylation is 1. The van der Waals surface area contributed by atoms with Gasteiger partial charge in [-0.1, -0.05) is 13.8 Å². The van der Waals surface area contributed by atoms with E-state index in [0.717, 1.165) is 24.6 Å². The first kappa shape index (κ1) is 9.65. The summed E-state index contributed by atoms with van der Waals surface area (Å²) in [6, 6.07) is 0. The van der Waals surface area contributed by atoms with Gasteiger partial charge in [-0.3, -0.25) is 0 Å². The molecule has 0 fully saturated rings. The third-order valence-corrected chi connectivity index (χ3v) is 3.03. The number of aromatic nitrogens is 3. The Labute approximate surface area is 84.5 Å². The SMILES string of the molecule is CC(C)C(CN)c1nnc2n1CCC2. The average molecular weight is 194 g/mol. The monoisotopic (exact) mass is 194 g/mol. The molecule has 4 nitrogen and oxygen atoms in total. The number of nitrogens with zero attached hydrogens (tertiary/aromatic N) is 3. The largest absolute Gasteiger partial charge is 0.330 e. The van der Waals surface area contributed by atoms with Crippen LogP contribution in [0.5, 0.6) is 0 Å². The number of rotatable bonds is 3. The molecule has 1 aliphatic rings. The molecule has 1 aliphatic heterocycles. The van der Waals surface area contributed by atoms with Crippen LogP contribution in [0.1, 0.15) is 37.8 Å². The average Bonchev–Trinajstić information content (AvgIpc) is 2.69. The highest BCUT2D eigenvalue weighted by atomic mass is 15.3. The topological polar surface area (TPSA) is 56.7 Å². The summed E-state index contributed by atoms with van der Waals surface area (Å²) in [6.07, 6.45) is 2.27. The van der Waals surface area contributed by atoms with E-state index in [1.165, 1.54) is 6.42 Å². The number of fused-ring (bicyclic) bond motifs is 1. The van der Waals surface area contributed by atoms with Crippen LogP contribution in [0.4, 0.5) is 0 Å². The van der Waals surface area contributed by atoms with E-state index in [1.807, 2.05) is 0 Å². The lowest BCUT2D eigenvalue weighted by Gasteiger charge is -2.18. The molecule has 0 saturated carbocycles. The van der Waals surface area contributed by atoms with Gasteiger partial charge >= 0.3 is 0 Å². The minimum atomic E-state index is 0.356. The Kier molecular flexibility index (Phi) is 2.54. The van der Waals surface area contributed by atoms with Gasteiger partial charge in [0.1, 0.15) is 11.6 Å². The van der Waals surface area contributed by atoms with Crippen LogP contribution < -0.4 is 5.73 Å². The lowest BCUT2D eigenvalue weighted by Crippen LogP contribution is -2.21. The van der Waals surface area contributed by atoms with E-state index in [2.05, 4.69) is 28.6 Å². The van der Waals surface area contributed by atoms with E-state index < -0.39 is 0 Å². The molecule has 0 bridgehead atoms. The third-order valence-electron chi connectivity index (χ3n) is 3.03. The van der Waals surface area contributed by atoms with E-state index in [9.17, 15) is 0 Å². The van der Waals surface area contributed by atoms with E-state index in [0.29, 0.717) is 18.4 Å². The van der Waals surface area contributed by atoms with E-state index in [1.54, 1.807) is 0 Å². The predicted molar refractivity (Wildman–Crippen MR) is 55.0 cm³/mol. The summed E-state index contributed by atoms with van der Waals surface area (Å²) >= 11 is 0. The molecule has 0 spiro atoms. The fourth-order valence-corrected chi connectivity index (χ4v) is 2.12. The predicted octanol–water partition coefficient (Wildman–Crippen LogP) is 0.923. The Morgan fingerprint density at radius 1 is 1.43 bits per heavy atom. The summed E-state index contributed by atoms with van der Waals surface area (Å²) in [5, 5.41) is 8.47. The quantitative estimate of drug-likeness (QED) is 0.778. The second-order valence-electron chi connectivity index (χ2n) is 4.32. The Morgan fingerprint density at radius 2 is 2.21 bits per heavy atom. The van der Waals surface area contributed by atoms with Crippen molar-refractivity contribution < 1.29 is 0 Å². The Balaban J connectivity index is 2.30. The van der Waals surface area contributed by atoms with E-state index in [-0.39, 0.29) is 0 Å². The fraction of sp³-hybridized carbons (Fsp3) is 0.800. The molecule has 2 N–H and O–H groups in total. The maximum atomic E-state index is 5.78. The van der Waals surface area contributed by atoms with Gasteiger partial charge in [-0.05, 0) is 12.3 Å². The highest BCUT2D eigenvalue weighted by Crippen LogP contribution is 2.25. The van der Waals surface area contributed by atoms with Crippen LogP contribution in [0.25, 0.3) is 0 Å². The van der Waals surface area contributed by atoms with Gasteiger partial charge < -0.3 is 10.3 Å². The summed E-state index contributed by atoms with van der Waals surface area (Å²) in [4.78, 5) is 0. The molecule has 0 saturated heterocycles. The fourth-order valence-electron chi connectivity index (χ4n) is 2.12. The number of hydrogen-bond acceptors (Lipinski definition) is 3. The van der Waals surface area contributed by atoms with Gasteiger partial charge in [0.15, 0.2) is 0 Å². The summed E-state index contributed by atoms with van der Waals surface area (Å²) < 4.78 is 2.25. The smallest absolute Gasteiger partial charge is 0.137 e. The Morgan fingerprint density at radius 3 is 2.86 bits per heavy atom. The third kappa shape index (κ3) is 1.43. The van der Waals surface area contributed by atoms with E-state index >= 15 is 0 Å². The van der Waals surface area contributed by atoms with E-state index in [4.69, 9.17) is 5.73 Å². The minimum absolute atomic E-state index is 0.356. The first-order valence-electron chi connectivity index (χ1n) is 5.36. The van der Waals surface area contributed by atoms with Crippen molar-refractivity contribution in [2.45, 2.75) is 39.2 Å². The number of nitrogens with two attached hydrogens (primary N) is 1. The molecule has 4 heteroatoms. The zero-order chi connectivity index (χ0) is 10.1. The lowest BCUT2D eigenvalue weighted by atomic mass is 9.95. The highest BCUT2D eigenvalue weighted by Gasteiger charge is 2.24. The Hall–Kier alpha value is -0.900. The van der Waals surface area contributed by atoms with Gasteiger partial charge in [0, 0.05) is 25.4 Å². The molecule has 2 rings (SSSR count). The molecule has 14 heavy (non-hydrogen) atoms. The summed E-state index contributed by atoms with van der Waals surface area (Å²) in [6.45, 7) is 6.11. The molecule has 1 atom stereocenters. The van der Waals surface area contributed by atoms with Crippen LogP contribution >= 0.6 is 0 Å². The zero-order valence-corrected chi connectivity index (χ0v) is 8.90. The van der Waals surface area contributed by atoms with Crippen molar-refractivity contribution in [1.29, 1.82) is 0 Å². The molecule has 1 aromatic heterocycles. The lowest BCUT2D eigenvalue weighted by molar-refractivity contribution is 0.463. The van der Waals surface area contributed by atoms with Gasteiger partial charge in [0.25, 0.3) is 0 Å². The molecular weight excluding hydrogens is 176 g/mol. The molecule has 0 amide bonds. The van der Waals surface area contributed by atoms with Gasteiger partial charge in [0.2, 0.25) is 0 Å². The zero-order valence-electron chi connectivity index (χ0n) is 8.90. The van der Waals surface area contributed by atoms with Gasteiger partial charge in [-0.2, -0.15) is 0 Å². The van der Waals surface area contributed by atoms with Crippen molar-refractivity contribution in [2.75, 3.05) is 6.54 Å². The molecular formula is C10H18N4.